The summed E-state index contributed by atoms with van der Waals surface area (Å²) >= 11 is 0. The molecule has 0 saturated carbocycles. The molecule has 2 nitrogen and oxygen atoms in total. The molecule has 0 bridgehead atoms. The summed E-state index contributed by atoms with van der Waals surface area (Å²) in [5.41, 5.74) is 3.89. The minimum Gasteiger partial charge on any atom is -0.493 e. The summed E-state index contributed by atoms with van der Waals surface area (Å²) < 4.78 is 5.72. The van der Waals surface area contributed by atoms with E-state index in [1.165, 1.54) is 16.8 Å². The highest BCUT2D eigenvalue weighted by molar-refractivity contribution is 5.48. The average molecular weight is 267 g/mol. The Morgan fingerprint density at radius 1 is 1.15 bits per heavy atom. The van der Waals surface area contributed by atoms with Gasteiger partial charge in [0.05, 0.1) is 6.61 Å². The van der Waals surface area contributed by atoms with Crippen LogP contribution in [-0.4, -0.2) is 13.2 Å². The van der Waals surface area contributed by atoms with Crippen LogP contribution in [0.1, 0.15) is 36.8 Å². The second-order valence-electron chi connectivity index (χ2n) is 5.71. The number of ether oxygens (including phenoxy) is 1. The largest absolute Gasteiger partial charge is 0.493 e. The van der Waals surface area contributed by atoms with Gasteiger partial charge in [0, 0.05) is 23.7 Å². The third-order valence-electron chi connectivity index (χ3n) is 3.90. The van der Waals surface area contributed by atoms with Crippen molar-refractivity contribution >= 4 is 5.69 Å². The fourth-order valence-corrected chi connectivity index (χ4v) is 2.65. The van der Waals surface area contributed by atoms with Crippen LogP contribution in [0.25, 0.3) is 0 Å². The zero-order valence-corrected chi connectivity index (χ0v) is 12.1. The molecule has 104 valence electrons. The number of rotatable bonds is 4. The second kappa shape index (κ2) is 5.58. The van der Waals surface area contributed by atoms with E-state index in [1.807, 2.05) is 6.07 Å². The van der Waals surface area contributed by atoms with E-state index in [0.717, 1.165) is 18.9 Å². The van der Waals surface area contributed by atoms with Gasteiger partial charge in [-0.2, -0.15) is 0 Å². The van der Waals surface area contributed by atoms with Gasteiger partial charge in [0.15, 0.2) is 0 Å². The van der Waals surface area contributed by atoms with Crippen LogP contribution in [0, 0.1) is 0 Å². The summed E-state index contributed by atoms with van der Waals surface area (Å²) in [5, 5.41) is 3.54. The fraction of sp³-hybridized carbons (Fsp3) is 0.333. The Morgan fingerprint density at radius 2 is 2.00 bits per heavy atom. The average Bonchev–Trinajstić information content (AvgIpc) is 2.89. The zero-order chi connectivity index (χ0) is 13.9. The molecule has 0 aliphatic carbocycles. The third-order valence-corrected chi connectivity index (χ3v) is 3.90. The molecule has 0 saturated heterocycles. The predicted octanol–water partition coefficient (Wildman–Crippen LogP) is 4.40. The van der Waals surface area contributed by atoms with E-state index >= 15 is 0 Å². The van der Waals surface area contributed by atoms with E-state index in [9.17, 15) is 0 Å². The van der Waals surface area contributed by atoms with Crippen LogP contribution < -0.4 is 10.1 Å². The topological polar surface area (TPSA) is 21.3 Å². The van der Waals surface area contributed by atoms with Crippen LogP contribution in [0.3, 0.4) is 0 Å². The third kappa shape index (κ3) is 2.64. The Kier molecular flexibility index (Phi) is 3.64. The maximum atomic E-state index is 5.72. The number of hydrogen-bond donors (Lipinski definition) is 1. The number of anilines is 1. The number of benzene rings is 2. The molecule has 0 spiro atoms. The van der Waals surface area contributed by atoms with Gasteiger partial charge in [-0.15, -0.1) is 0 Å². The van der Waals surface area contributed by atoms with Gasteiger partial charge < -0.3 is 10.1 Å². The molecule has 3 rings (SSSR count). The number of hydrogen-bond acceptors (Lipinski definition) is 2. The van der Waals surface area contributed by atoms with Crippen molar-refractivity contribution in [3.8, 4) is 5.75 Å². The van der Waals surface area contributed by atoms with Gasteiger partial charge in [-0.3, -0.25) is 0 Å². The lowest BCUT2D eigenvalue weighted by Crippen LogP contribution is -2.14. The summed E-state index contributed by atoms with van der Waals surface area (Å²) in [6, 6.07) is 17.0. The smallest absolute Gasteiger partial charge is 0.122 e. The lowest BCUT2D eigenvalue weighted by atomic mass is 10.0. The van der Waals surface area contributed by atoms with Crippen molar-refractivity contribution in [2.45, 2.75) is 25.7 Å². The summed E-state index contributed by atoms with van der Waals surface area (Å²) in [7, 11) is 0. The molecule has 1 aliphatic heterocycles. The van der Waals surface area contributed by atoms with Crippen molar-refractivity contribution in [2.75, 3.05) is 18.5 Å². The standard InChI is InChI=1S/C18H21NO/c1-13(2)14-6-5-7-16(10-14)19-11-15-12-20-18-9-4-3-8-17(15)18/h3-10,13,15,19H,11-12H2,1-2H3. The van der Waals surface area contributed by atoms with E-state index in [-0.39, 0.29) is 0 Å². The van der Waals surface area contributed by atoms with Gasteiger partial charge >= 0.3 is 0 Å². The first-order valence-corrected chi connectivity index (χ1v) is 7.29. The van der Waals surface area contributed by atoms with Crippen LogP contribution in [0.15, 0.2) is 48.5 Å². The van der Waals surface area contributed by atoms with Crippen molar-refractivity contribution < 1.29 is 4.74 Å². The molecule has 1 N–H and O–H groups in total. The van der Waals surface area contributed by atoms with Crippen molar-refractivity contribution in [3.63, 3.8) is 0 Å². The molecular formula is C18H21NO. The summed E-state index contributed by atoms with van der Waals surface area (Å²) in [6.45, 7) is 6.13. The number of nitrogens with one attached hydrogen (secondary N) is 1. The molecule has 1 atom stereocenters. The molecule has 0 amide bonds. The fourth-order valence-electron chi connectivity index (χ4n) is 2.65. The Labute approximate surface area is 120 Å². The highest BCUT2D eigenvalue weighted by atomic mass is 16.5. The van der Waals surface area contributed by atoms with Gasteiger partial charge in [0.2, 0.25) is 0 Å². The first kappa shape index (κ1) is 13.0. The monoisotopic (exact) mass is 267 g/mol. The zero-order valence-electron chi connectivity index (χ0n) is 12.1. The second-order valence-corrected chi connectivity index (χ2v) is 5.71. The summed E-state index contributed by atoms with van der Waals surface area (Å²) in [6.07, 6.45) is 0. The normalized spacial score (nSPS) is 16.9. The first-order valence-electron chi connectivity index (χ1n) is 7.29. The van der Waals surface area contributed by atoms with E-state index in [0.29, 0.717) is 11.8 Å². The van der Waals surface area contributed by atoms with Crippen LogP contribution in [0.4, 0.5) is 5.69 Å². The first-order chi connectivity index (χ1) is 9.74. The molecule has 1 unspecified atom stereocenters. The van der Waals surface area contributed by atoms with Gasteiger partial charge in [0.1, 0.15) is 5.75 Å². The van der Waals surface area contributed by atoms with Gasteiger partial charge in [-0.25, -0.2) is 0 Å². The predicted molar refractivity (Wildman–Crippen MR) is 83.7 cm³/mol. The Balaban J connectivity index is 1.67. The Morgan fingerprint density at radius 3 is 2.85 bits per heavy atom. The molecule has 0 fully saturated rings. The molecule has 1 aliphatic rings. The van der Waals surface area contributed by atoms with Crippen LogP contribution in [0.5, 0.6) is 5.75 Å². The van der Waals surface area contributed by atoms with E-state index in [2.05, 4.69) is 61.6 Å². The van der Waals surface area contributed by atoms with Crippen molar-refractivity contribution in [1.29, 1.82) is 0 Å². The summed E-state index contributed by atoms with van der Waals surface area (Å²) in [5.74, 6) is 2.04. The highest BCUT2D eigenvalue weighted by Gasteiger charge is 2.23. The maximum Gasteiger partial charge on any atom is 0.122 e. The van der Waals surface area contributed by atoms with Crippen LogP contribution in [-0.2, 0) is 0 Å². The van der Waals surface area contributed by atoms with Crippen molar-refractivity contribution in [3.05, 3.63) is 59.7 Å². The van der Waals surface area contributed by atoms with Crippen molar-refractivity contribution in [2.24, 2.45) is 0 Å². The molecule has 0 aromatic heterocycles. The molecule has 2 aromatic rings. The minimum absolute atomic E-state index is 0.439. The van der Waals surface area contributed by atoms with Crippen molar-refractivity contribution in [1.82, 2.24) is 0 Å². The van der Waals surface area contributed by atoms with E-state index in [1.54, 1.807) is 0 Å². The SMILES string of the molecule is CC(C)c1cccc(NCC2COc3ccccc32)c1. The van der Waals surface area contributed by atoms with Gasteiger partial charge in [0.25, 0.3) is 0 Å². The molecule has 2 heteroatoms. The van der Waals surface area contributed by atoms with Gasteiger partial charge in [-0.05, 0) is 29.7 Å². The Bertz CT molecular complexity index is 591. The quantitative estimate of drug-likeness (QED) is 0.886. The molecule has 1 heterocycles. The minimum atomic E-state index is 0.439. The molecule has 20 heavy (non-hydrogen) atoms. The summed E-state index contributed by atoms with van der Waals surface area (Å²) in [4.78, 5) is 0. The Hall–Kier alpha value is -1.96. The van der Waals surface area contributed by atoms with E-state index in [4.69, 9.17) is 4.74 Å². The molecule has 0 radical (unpaired) electrons. The molecular weight excluding hydrogens is 246 g/mol. The maximum absolute atomic E-state index is 5.72. The number of fused-ring (bicyclic) bond motifs is 1. The molecule has 2 aromatic carbocycles. The highest BCUT2D eigenvalue weighted by Crippen LogP contribution is 2.33. The lowest BCUT2D eigenvalue weighted by molar-refractivity contribution is 0.334. The van der Waals surface area contributed by atoms with Crippen LogP contribution >= 0.6 is 0 Å². The van der Waals surface area contributed by atoms with Gasteiger partial charge in [-0.1, -0.05) is 44.2 Å². The van der Waals surface area contributed by atoms with E-state index < -0.39 is 0 Å². The van der Waals surface area contributed by atoms with Crippen LogP contribution in [0.2, 0.25) is 0 Å². The number of para-hydroxylation sites is 1. The lowest BCUT2D eigenvalue weighted by Gasteiger charge is -2.13.